The van der Waals surface area contributed by atoms with E-state index in [9.17, 15) is 5.11 Å². The van der Waals surface area contributed by atoms with E-state index in [-0.39, 0.29) is 0 Å². The fourth-order valence-electron chi connectivity index (χ4n) is 2.28. The maximum atomic E-state index is 9.80. The van der Waals surface area contributed by atoms with Gasteiger partial charge in [-0.25, -0.2) is 0 Å². The first-order valence-corrected chi connectivity index (χ1v) is 7.62. The Labute approximate surface area is 129 Å². The zero-order chi connectivity index (χ0) is 15.8. The number of ether oxygens (including phenoxy) is 1. The molecule has 21 heavy (non-hydrogen) atoms. The van der Waals surface area contributed by atoms with Crippen LogP contribution >= 0.6 is 0 Å². The molecule has 0 heterocycles. The molecule has 0 saturated carbocycles. The third-order valence-corrected chi connectivity index (χ3v) is 3.48. The highest BCUT2D eigenvalue weighted by molar-refractivity contribution is 5.50. The average Bonchev–Trinajstić information content (AvgIpc) is 2.40. The van der Waals surface area contributed by atoms with E-state index in [0.29, 0.717) is 19.1 Å². The van der Waals surface area contributed by atoms with Crippen LogP contribution in [0.25, 0.3) is 0 Å². The fraction of sp³-hybridized carbons (Fsp3) is 0.647. The fourth-order valence-corrected chi connectivity index (χ4v) is 2.28. The van der Waals surface area contributed by atoms with Crippen molar-refractivity contribution < 1.29 is 9.84 Å². The summed E-state index contributed by atoms with van der Waals surface area (Å²) in [4.78, 5) is 2.06. The van der Waals surface area contributed by atoms with Gasteiger partial charge in [0.2, 0.25) is 0 Å². The number of hydrogen-bond donors (Lipinski definition) is 2. The van der Waals surface area contributed by atoms with Gasteiger partial charge in [-0.2, -0.15) is 0 Å². The molecule has 1 rings (SSSR count). The standard InChI is InChI=1S/C17H30N2O2/c1-13(2)9-18-10-15-6-7-16(8-14(15)3)19(4)11-17(20)12-21-5/h6-8,13,17-18,20H,9-12H2,1-5H3. The second-order valence-electron chi connectivity index (χ2n) is 6.13. The van der Waals surface area contributed by atoms with Crippen LogP contribution in [0.4, 0.5) is 5.69 Å². The Hall–Kier alpha value is -1.10. The highest BCUT2D eigenvalue weighted by atomic mass is 16.5. The number of likely N-dealkylation sites (N-methyl/N-ethyl adjacent to an activating group) is 1. The third-order valence-electron chi connectivity index (χ3n) is 3.48. The van der Waals surface area contributed by atoms with Crippen LogP contribution in [0.15, 0.2) is 18.2 Å². The molecule has 4 nitrogen and oxygen atoms in total. The summed E-state index contributed by atoms with van der Waals surface area (Å²) in [6, 6.07) is 6.45. The number of aliphatic hydroxyl groups is 1. The van der Waals surface area contributed by atoms with Crippen LogP contribution in [0.2, 0.25) is 0 Å². The molecule has 0 aliphatic carbocycles. The van der Waals surface area contributed by atoms with Crippen molar-refractivity contribution in [1.82, 2.24) is 5.32 Å². The average molecular weight is 294 g/mol. The van der Waals surface area contributed by atoms with Gasteiger partial charge >= 0.3 is 0 Å². The number of aryl methyl sites for hydroxylation is 1. The molecule has 0 aliphatic heterocycles. The highest BCUT2D eigenvalue weighted by Gasteiger charge is 2.09. The number of nitrogens with one attached hydrogen (secondary N) is 1. The van der Waals surface area contributed by atoms with E-state index >= 15 is 0 Å². The van der Waals surface area contributed by atoms with Gasteiger partial charge in [0.15, 0.2) is 0 Å². The van der Waals surface area contributed by atoms with Crippen molar-refractivity contribution in [1.29, 1.82) is 0 Å². The SMILES string of the molecule is COCC(O)CN(C)c1ccc(CNCC(C)C)c(C)c1. The largest absolute Gasteiger partial charge is 0.389 e. The molecule has 0 bridgehead atoms. The molecule has 1 aromatic carbocycles. The Morgan fingerprint density at radius 3 is 2.62 bits per heavy atom. The minimum absolute atomic E-state index is 0.362. The summed E-state index contributed by atoms with van der Waals surface area (Å²) in [5, 5.41) is 13.3. The van der Waals surface area contributed by atoms with Gasteiger partial charge in [-0.05, 0) is 42.6 Å². The first kappa shape index (κ1) is 18.0. The monoisotopic (exact) mass is 294 g/mol. The van der Waals surface area contributed by atoms with Crippen molar-refractivity contribution in [2.75, 3.05) is 38.8 Å². The van der Waals surface area contributed by atoms with Crippen LogP contribution < -0.4 is 10.2 Å². The van der Waals surface area contributed by atoms with Crippen molar-refractivity contribution in [3.05, 3.63) is 29.3 Å². The maximum absolute atomic E-state index is 9.80. The lowest BCUT2D eigenvalue weighted by Crippen LogP contribution is -2.31. The number of rotatable bonds is 9. The molecule has 0 fully saturated rings. The lowest BCUT2D eigenvalue weighted by atomic mass is 10.1. The van der Waals surface area contributed by atoms with E-state index in [1.54, 1.807) is 7.11 Å². The lowest BCUT2D eigenvalue weighted by molar-refractivity contribution is 0.0695. The molecule has 120 valence electrons. The number of benzene rings is 1. The summed E-state index contributed by atoms with van der Waals surface area (Å²) in [6.45, 7) is 9.42. The van der Waals surface area contributed by atoms with Crippen LogP contribution in [0, 0.1) is 12.8 Å². The number of methoxy groups -OCH3 is 1. The maximum Gasteiger partial charge on any atom is 0.0947 e. The van der Waals surface area contributed by atoms with Gasteiger partial charge in [0.25, 0.3) is 0 Å². The molecule has 0 radical (unpaired) electrons. The van der Waals surface area contributed by atoms with Crippen molar-refractivity contribution >= 4 is 5.69 Å². The van der Waals surface area contributed by atoms with Gasteiger partial charge < -0.3 is 20.1 Å². The molecule has 1 unspecified atom stereocenters. The van der Waals surface area contributed by atoms with Gasteiger partial charge in [-0.15, -0.1) is 0 Å². The first-order valence-electron chi connectivity index (χ1n) is 7.62. The van der Waals surface area contributed by atoms with E-state index in [1.807, 2.05) is 7.05 Å². The van der Waals surface area contributed by atoms with Gasteiger partial charge in [0.1, 0.15) is 0 Å². The quantitative estimate of drug-likeness (QED) is 0.733. The van der Waals surface area contributed by atoms with Gasteiger partial charge in [0.05, 0.1) is 12.7 Å². The van der Waals surface area contributed by atoms with Gasteiger partial charge in [-0.3, -0.25) is 0 Å². The second-order valence-corrected chi connectivity index (χ2v) is 6.13. The van der Waals surface area contributed by atoms with Crippen LogP contribution in [-0.2, 0) is 11.3 Å². The summed E-state index contributed by atoms with van der Waals surface area (Å²) < 4.78 is 4.96. The molecule has 4 heteroatoms. The second kappa shape index (κ2) is 9.03. The van der Waals surface area contributed by atoms with Crippen molar-refractivity contribution in [2.24, 2.45) is 5.92 Å². The van der Waals surface area contributed by atoms with Crippen LogP contribution in [0.5, 0.6) is 0 Å². The summed E-state index contributed by atoms with van der Waals surface area (Å²) in [5.74, 6) is 0.665. The van der Waals surface area contributed by atoms with Crippen molar-refractivity contribution in [3.63, 3.8) is 0 Å². The summed E-state index contributed by atoms with van der Waals surface area (Å²) >= 11 is 0. The van der Waals surface area contributed by atoms with E-state index < -0.39 is 6.10 Å². The molecule has 0 aliphatic rings. The smallest absolute Gasteiger partial charge is 0.0947 e. The van der Waals surface area contributed by atoms with E-state index in [4.69, 9.17) is 4.74 Å². The zero-order valence-electron chi connectivity index (χ0n) is 14.0. The molecule has 0 spiro atoms. The third kappa shape index (κ3) is 6.46. The number of anilines is 1. The molecular weight excluding hydrogens is 264 g/mol. The molecule has 1 atom stereocenters. The Morgan fingerprint density at radius 1 is 1.33 bits per heavy atom. The Morgan fingerprint density at radius 2 is 2.05 bits per heavy atom. The summed E-state index contributed by atoms with van der Waals surface area (Å²) in [5.41, 5.74) is 3.72. The topological polar surface area (TPSA) is 44.7 Å². The Balaban J connectivity index is 2.60. The molecule has 0 saturated heterocycles. The first-order chi connectivity index (χ1) is 9.93. The van der Waals surface area contributed by atoms with Crippen molar-refractivity contribution in [3.8, 4) is 0 Å². The van der Waals surface area contributed by atoms with Crippen molar-refractivity contribution in [2.45, 2.75) is 33.4 Å². The molecule has 0 aromatic heterocycles. The summed E-state index contributed by atoms with van der Waals surface area (Å²) in [6.07, 6.45) is -0.465. The summed E-state index contributed by atoms with van der Waals surface area (Å²) in [7, 11) is 3.59. The van der Waals surface area contributed by atoms with Crippen LogP contribution in [0.3, 0.4) is 0 Å². The van der Waals surface area contributed by atoms with Gasteiger partial charge in [-0.1, -0.05) is 19.9 Å². The minimum atomic E-state index is -0.465. The van der Waals surface area contributed by atoms with E-state index in [0.717, 1.165) is 18.8 Å². The Bertz CT molecular complexity index is 421. The molecule has 1 aromatic rings. The predicted molar refractivity (Wildman–Crippen MR) is 88.9 cm³/mol. The molecular formula is C17H30N2O2. The van der Waals surface area contributed by atoms with E-state index in [1.165, 1.54) is 11.1 Å². The molecule has 0 amide bonds. The molecule has 2 N–H and O–H groups in total. The lowest BCUT2D eigenvalue weighted by Gasteiger charge is -2.23. The Kier molecular flexibility index (Phi) is 7.72. The van der Waals surface area contributed by atoms with E-state index in [2.05, 4.69) is 49.2 Å². The van der Waals surface area contributed by atoms with Crippen LogP contribution in [-0.4, -0.2) is 45.1 Å². The number of aliphatic hydroxyl groups excluding tert-OH is 1. The highest BCUT2D eigenvalue weighted by Crippen LogP contribution is 2.18. The normalized spacial score (nSPS) is 12.7. The number of nitrogens with zero attached hydrogens (tertiary/aromatic N) is 1. The number of hydrogen-bond acceptors (Lipinski definition) is 4. The van der Waals surface area contributed by atoms with Crippen LogP contribution in [0.1, 0.15) is 25.0 Å². The minimum Gasteiger partial charge on any atom is -0.389 e. The zero-order valence-corrected chi connectivity index (χ0v) is 14.0. The van der Waals surface area contributed by atoms with Gasteiger partial charge in [0, 0.05) is 32.9 Å². The predicted octanol–water partition coefficient (Wildman–Crippen LogP) is 2.18.